The first kappa shape index (κ1) is 24.4. The largest absolute Gasteiger partial charge is 0.487 e. The summed E-state index contributed by atoms with van der Waals surface area (Å²) in [7, 11) is 0. The van der Waals surface area contributed by atoms with Gasteiger partial charge in [0, 0.05) is 5.41 Å². The number of hydrogen-bond donors (Lipinski definition) is 0. The first-order chi connectivity index (χ1) is 15.4. The van der Waals surface area contributed by atoms with E-state index in [0.29, 0.717) is 29.5 Å². The van der Waals surface area contributed by atoms with Crippen LogP contribution < -0.4 is 4.74 Å². The molecule has 0 fully saturated rings. The van der Waals surface area contributed by atoms with Crippen LogP contribution in [-0.2, 0) is 29.6 Å². The van der Waals surface area contributed by atoms with Crippen molar-refractivity contribution < 1.29 is 27.2 Å². The third-order valence-corrected chi connectivity index (χ3v) is 4.90. The predicted octanol–water partition coefficient (Wildman–Crippen LogP) is 6.82. The predicted molar refractivity (Wildman–Crippen MR) is 119 cm³/mol. The molecule has 3 rings (SSSR count). The van der Waals surface area contributed by atoms with Gasteiger partial charge in [-0.1, -0.05) is 38.1 Å². The van der Waals surface area contributed by atoms with Gasteiger partial charge in [-0.2, -0.15) is 13.2 Å². The summed E-state index contributed by atoms with van der Waals surface area (Å²) in [5.74, 6) is 2.10. The second kappa shape index (κ2) is 9.68. The van der Waals surface area contributed by atoms with Crippen molar-refractivity contribution in [3.05, 3.63) is 82.6 Å². The molecule has 1 heterocycles. The molecule has 3 aromatic rings. The van der Waals surface area contributed by atoms with Crippen LogP contribution in [0.1, 0.15) is 61.7 Å². The molecule has 0 atom stereocenters. The monoisotopic (exact) mass is 460 g/mol. The highest BCUT2D eigenvalue weighted by Crippen LogP contribution is 2.29. The van der Waals surface area contributed by atoms with Crippen molar-refractivity contribution in [3.63, 3.8) is 0 Å². The second-order valence-corrected chi connectivity index (χ2v) is 8.73. The van der Waals surface area contributed by atoms with E-state index in [-0.39, 0.29) is 12.0 Å². The van der Waals surface area contributed by atoms with Crippen LogP contribution in [0.4, 0.5) is 13.2 Å². The molecule has 0 aliphatic heterocycles. The van der Waals surface area contributed by atoms with Gasteiger partial charge in [-0.3, -0.25) is 0 Å². The van der Waals surface area contributed by atoms with Gasteiger partial charge in [0.1, 0.15) is 30.4 Å². The molecule has 0 spiro atoms. The van der Waals surface area contributed by atoms with Crippen molar-refractivity contribution in [2.45, 2.75) is 59.4 Å². The summed E-state index contributed by atoms with van der Waals surface area (Å²) in [6, 6.07) is 12.2. The Morgan fingerprint density at radius 2 is 1.61 bits per heavy atom. The van der Waals surface area contributed by atoms with Crippen molar-refractivity contribution >= 4 is 5.71 Å². The number of ether oxygens (including phenoxy) is 1. The Hall–Kier alpha value is -3.29. The highest BCUT2D eigenvalue weighted by atomic mass is 19.4. The van der Waals surface area contributed by atoms with E-state index in [4.69, 9.17) is 14.0 Å². The lowest BCUT2D eigenvalue weighted by molar-refractivity contribution is -0.137. The smallest absolute Gasteiger partial charge is 0.416 e. The first-order valence-corrected chi connectivity index (χ1v) is 10.5. The number of nitrogens with zero attached hydrogens (tertiary/aromatic N) is 2. The normalized spacial score (nSPS) is 12.7. The number of aromatic nitrogens is 1. The lowest BCUT2D eigenvalue weighted by Crippen LogP contribution is -2.11. The van der Waals surface area contributed by atoms with E-state index in [1.165, 1.54) is 12.1 Å². The Balaban J connectivity index is 1.54. The van der Waals surface area contributed by atoms with Crippen molar-refractivity contribution in [1.29, 1.82) is 0 Å². The average molecular weight is 460 g/mol. The molecule has 0 N–H and O–H groups in total. The fraction of sp³-hybridized carbons (Fsp3) is 0.360. The Morgan fingerprint density at radius 1 is 0.970 bits per heavy atom. The molecule has 33 heavy (non-hydrogen) atoms. The summed E-state index contributed by atoms with van der Waals surface area (Å²) in [4.78, 5) is 9.83. The van der Waals surface area contributed by atoms with Crippen LogP contribution in [0, 0.1) is 6.92 Å². The topological polar surface area (TPSA) is 56.9 Å². The minimum Gasteiger partial charge on any atom is -0.487 e. The van der Waals surface area contributed by atoms with E-state index in [1.807, 2.05) is 52.0 Å². The number of hydrogen-bond acceptors (Lipinski definition) is 5. The summed E-state index contributed by atoms with van der Waals surface area (Å²) in [5, 5.41) is 4.05. The summed E-state index contributed by atoms with van der Waals surface area (Å²) in [6.07, 6.45) is -4.35. The van der Waals surface area contributed by atoms with Gasteiger partial charge in [-0.05, 0) is 61.4 Å². The fourth-order valence-corrected chi connectivity index (χ4v) is 2.87. The van der Waals surface area contributed by atoms with Gasteiger partial charge in [0.15, 0.2) is 5.89 Å². The zero-order valence-corrected chi connectivity index (χ0v) is 19.3. The lowest BCUT2D eigenvalue weighted by Gasteiger charge is -2.11. The number of aryl methyl sites for hydroxylation is 1. The average Bonchev–Trinajstić information content (AvgIpc) is 3.13. The number of benzene rings is 2. The summed E-state index contributed by atoms with van der Waals surface area (Å²) >= 11 is 0. The molecule has 5 nitrogen and oxygen atoms in total. The zero-order chi connectivity index (χ0) is 24.2. The third kappa shape index (κ3) is 6.60. The number of oxime groups is 1. The molecule has 0 aliphatic carbocycles. The molecule has 1 aromatic heterocycles. The third-order valence-electron chi connectivity index (χ3n) is 4.90. The van der Waals surface area contributed by atoms with Crippen molar-refractivity contribution in [2.75, 3.05) is 0 Å². The highest BCUT2D eigenvalue weighted by Gasteiger charge is 2.29. The van der Waals surface area contributed by atoms with Crippen molar-refractivity contribution in [2.24, 2.45) is 5.16 Å². The maximum absolute atomic E-state index is 12.6. The van der Waals surface area contributed by atoms with Crippen molar-refractivity contribution in [3.8, 4) is 5.75 Å². The van der Waals surface area contributed by atoms with Gasteiger partial charge in [0.2, 0.25) is 0 Å². The highest BCUT2D eigenvalue weighted by molar-refractivity contribution is 5.98. The number of halogens is 3. The number of rotatable bonds is 7. The minimum absolute atomic E-state index is 0.0737. The molecular formula is C25H27F3N2O3. The van der Waals surface area contributed by atoms with E-state index < -0.39 is 11.7 Å². The fourth-order valence-electron chi connectivity index (χ4n) is 2.87. The van der Waals surface area contributed by atoms with Gasteiger partial charge in [0.05, 0.1) is 11.3 Å². The van der Waals surface area contributed by atoms with Gasteiger partial charge in [-0.15, -0.1) is 0 Å². The van der Waals surface area contributed by atoms with E-state index in [2.05, 4.69) is 10.1 Å². The van der Waals surface area contributed by atoms with Crippen LogP contribution in [0.25, 0.3) is 0 Å². The Labute approximate surface area is 191 Å². The SMILES string of the molecule is CC(=NOCc1ccc(C(F)(F)F)cc1)c1ccc(OCc2nc(C(C)(C)C)oc2C)cc1. The van der Waals surface area contributed by atoms with Crippen LogP contribution in [0.5, 0.6) is 5.75 Å². The summed E-state index contributed by atoms with van der Waals surface area (Å²) < 4.78 is 49.4. The maximum Gasteiger partial charge on any atom is 0.416 e. The van der Waals surface area contributed by atoms with Crippen LogP contribution in [0.3, 0.4) is 0 Å². The van der Waals surface area contributed by atoms with Gasteiger partial charge >= 0.3 is 6.18 Å². The minimum atomic E-state index is -4.35. The van der Waals surface area contributed by atoms with E-state index in [9.17, 15) is 13.2 Å². The van der Waals surface area contributed by atoms with E-state index >= 15 is 0 Å². The Bertz CT molecular complexity index is 1090. The molecule has 2 aromatic carbocycles. The molecule has 0 bridgehead atoms. The van der Waals surface area contributed by atoms with E-state index in [1.54, 1.807) is 6.92 Å². The van der Waals surface area contributed by atoms with Crippen LogP contribution >= 0.6 is 0 Å². The summed E-state index contributed by atoms with van der Waals surface area (Å²) in [6.45, 7) is 10.2. The Kier molecular flexibility index (Phi) is 7.15. The molecule has 0 saturated carbocycles. The van der Waals surface area contributed by atoms with Gasteiger partial charge in [0.25, 0.3) is 0 Å². The first-order valence-electron chi connectivity index (χ1n) is 10.5. The molecule has 0 amide bonds. The maximum atomic E-state index is 12.6. The quantitative estimate of drug-likeness (QED) is 0.287. The second-order valence-electron chi connectivity index (χ2n) is 8.73. The molecule has 0 saturated heterocycles. The molecular weight excluding hydrogens is 433 g/mol. The van der Waals surface area contributed by atoms with Crippen LogP contribution in [0.2, 0.25) is 0 Å². The molecule has 0 unspecified atom stereocenters. The standard InChI is InChI=1S/C25H27F3N2O3/c1-16(30-32-14-18-6-10-20(11-7-18)25(26,27)28)19-8-12-21(13-9-19)31-15-22-17(2)33-23(29-22)24(3,4)5/h6-13H,14-15H2,1-5H3. The molecule has 176 valence electrons. The van der Waals surface area contributed by atoms with Crippen LogP contribution in [-0.4, -0.2) is 10.7 Å². The summed E-state index contributed by atoms with van der Waals surface area (Å²) in [5.41, 5.74) is 1.97. The molecule has 0 aliphatic rings. The lowest BCUT2D eigenvalue weighted by atomic mass is 9.97. The van der Waals surface area contributed by atoms with Gasteiger partial charge in [-0.25, -0.2) is 4.98 Å². The number of oxazole rings is 1. The zero-order valence-electron chi connectivity index (χ0n) is 19.3. The molecule has 8 heteroatoms. The Morgan fingerprint density at radius 3 is 2.15 bits per heavy atom. The van der Waals surface area contributed by atoms with Crippen LogP contribution in [0.15, 0.2) is 58.1 Å². The van der Waals surface area contributed by atoms with Gasteiger partial charge < -0.3 is 14.0 Å². The molecule has 0 radical (unpaired) electrons. The van der Waals surface area contributed by atoms with Crippen molar-refractivity contribution in [1.82, 2.24) is 4.98 Å². The van der Waals surface area contributed by atoms with E-state index in [0.717, 1.165) is 29.2 Å². The number of alkyl halides is 3.